The second-order valence-corrected chi connectivity index (χ2v) is 1.75. The van der Waals surface area contributed by atoms with Crippen LogP contribution in [0.3, 0.4) is 0 Å². The molecule has 0 saturated heterocycles. The maximum absolute atomic E-state index is 10.6. The first kappa shape index (κ1) is 10.7. The normalized spacial score (nSPS) is 8.82. The zero-order valence-electron chi connectivity index (χ0n) is 6.07. The Kier molecular flexibility index (Phi) is 4.44. The van der Waals surface area contributed by atoms with Gasteiger partial charge in [-0.1, -0.05) is 0 Å². The van der Waals surface area contributed by atoms with Crippen LogP contribution in [0.4, 0.5) is 0 Å². The molecule has 1 aromatic heterocycles. The molecular weight excluding hydrogens is 159 g/mol. The Morgan fingerprint density at radius 3 is 2.64 bits per heavy atom. The van der Waals surface area contributed by atoms with E-state index in [0.29, 0.717) is 0 Å². The van der Waals surface area contributed by atoms with E-state index in [9.17, 15) is 4.79 Å². The standard InChI is InChI=1S/C6H6O4.Na/c7-2-4-1-5(8)6(9)3-10-4;/h1,3,7,9H,2H2;/q;+1. The summed E-state index contributed by atoms with van der Waals surface area (Å²) in [7, 11) is 0. The Morgan fingerprint density at radius 1 is 1.55 bits per heavy atom. The second kappa shape index (κ2) is 4.56. The van der Waals surface area contributed by atoms with E-state index in [1.54, 1.807) is 0 Å². The first-order chi connectivity index (χ1) is 4.74. The molecule has 0 fully saturated rings. The number of hydrogen-bond donors (Lipinski definition) is 2. The second-order valence-electron chi connectivity index (χ2n) is 1.75. The molecule has 0 saturated carbocycles. The van der Waals surface area contributed by atoms with E-state index in [1.165, 1.54) is 0 Å². The predicted octanol–water partition coefficient (Wildman–Crippen LogP) is -3.16. The molecule has 2 N–H and O–H groups in total. The Morgan fingerprint density at radius 2 is 2.18 bits per heavy atom. The van der Waals surface area contributed by atoms with Crippen molar-refractivity contribution in [3.63, 3.8) is 0 Å². The van der Waals surface area contributed by atoms with E-state index in [0.717, 1.165) is 12.3 Å². The maximum atomic E-state index is 10.6. The summed E-state index contributed by atoms with van der Waals surface area (Å²) in [6.45, 7) is -0.338. The average molecular weight is 165 g/mol. The van der Waals surface area contributed by atoms with Crippen molar-refractivity contribution in [1.82, 2.24) is 0 Å². The molecule has 1 aromatic rings. The largest absolute Gasteiger partial charge is 1.00 e. The summed E-state index contributed by atoms with van der Waals surface area (Å²) in [5.41, 5.74) is -0.546. The van der Waals surface area contributed by atoms with Gasteiger partial charge in [0.1, 0.15) is 18.6 Å². The molecule has 0 bridgehead atoms. The zero-order chi connectivity index (χ0) is 7.56. The van der Waals surface area contributed by atoms with Crippen LogP contribution in [0.1, 0.15) is 5.76 Å². The van der Waals surface area contributed by atoms with Gasteiger partial charge in [-0.25, -0.2) is 0 Å². The SMILES string of the molecule is O=c1cc(CO)occ1O.[Na+]. The summed E-state index contributed by atoms with van der Waals surface area (Å²) in [6, 6.07) is 1.04. The van der Waals surface area contributed by atoms with Crippen LogP contribution in [-0.4, -0.2) is 10.2 Å². The minimum atomic E-state index is -0.546. The smallest absolute Gasteiger partial charge is 0.502 e. The monoisotopic (exact) mass is 165 g/mol. The Bertz CT molecular complexity index is 280. The number of aliphatic hydroxyl groups excluding tert-OH is 1. The quantitative estimate of drug-likeness (QED) is 0.431. The van der Waals surface area contributed by atoms with Crippen LogP contribution in [0.2, 0.25) is 0 Å². The van der Waals surface area contributed by atoms with Gasteiger partial charge < -0.3 is 14.6 Å². The van der Waals surface area contributed by atoms with Crippen LogP contribution in [0.25, 0.3) is 0 Å². The van der Waals surface area contributed by atoms with E-state index < -0.39 is 11.2 Å². The third-order valence-electron chi connectivity index (χ3n) is 1.02. The van der Waals surface area contributed by atoms with Gasteiger partial charge in [-0.2, -0.15) is 0 Å². The zero-order valence-corrected chi connectivity index (χ0v) is 8.07. The molecule has 0 aliphatic rings. The van der Waals surface area contributed by atoms with Gasteiger partial charge in [-0.15, -0.1) is 0 Å². The van der Waals surface area contributed by atoms with Gasteiger partial charge in [-0.05, 0) is 0 Å². The van der Waals surface area contributed by atoms with Crippen molar-refractivity contribution in [3.8, 4) is 5.75 Å². The van der Waals surface area contributed by atoms with E-state index in [4.69, 9.17) is 10.2 Å². The number of rotatable bonds is 1. The fourth-order valence-corrected chi connectivity index (χ4v) is 0.527. The van der Waals surface area contributed by atoms with Crippen LogP contribution in [0.5, 0.6) is 5.75 Å². The molecule has 0 amide bonds. The maximum Gasteiger partial charge on any atom is 1.00 e. The summed E-state index contributed by atoms with van der Waals surface area (Å²) < 4.78 is 4.59. The average Bonchev–Trinajstić information content (AvgIpc) is 1.95. The first-order valence-electron chi connectivity index (χ1n) is 2.65. The van der Waals surface area contributed by atoms with Crippen LogP contribution < -0.4 is 35.0 Å². The molecule has 1 rings (SSSR count). The fourth-order valence-electron chi connectivity index (χ4n) is 0.527. The molecule has 11 heavy (non-hydrogen) atoms. The first-order valence-corrected chi connectivity index (χ1v) is 2.65. The van der Waals surface area contributed by atoms with Crippen molar-refractivity contribution in [2.24, 2.45) is 0 Å². The minimum Gasteiger partial charge on any atom is -0.502 e. The molecule has 0 aliphatic carbocycles. The van der Waals surface area contributed by atoms with Crippen molar-refractivity contribution >= 4 is 0 Å². The summed E-state index contributed by atoms with van der Waals surface area (Å²) in [5, 5.41) is 17.1. The van der Waals surface area contributed by atoms with Crippen molar-refractivity contribution in [2.75, 3.05) is 0 Å². The summed E-state index contributed by atoms with van der Waals surface area (Å²) in [4.78, 5) is 10.6. The number of hydrogen-bond acceptors (Lipinski definition) is 4. The minimum absolute atomic E-state index is 0. The van der Waals surface area contributed by atoms with Crippen molar-refractivity contribution in [3.05, 3.63) is 28.3 Å². The third-order valence-corrected chi connectivity index (χ3v) is 1.02. The number of aliphatic hydroxyl groups is 1. The predicted molar refractivity (Wildman–Crippen MR) is 32.6 cm³/mol. The van der Waals surface area contributed by atoms with Gasteiger partial charge in [-0.3, -0.25) is 4.79 Å². The van der Waals surface area contributed by atoms with Gasteiger partial charge in [0.2, 0.25) is 5.43 Å². The topological polar surface area (TPSA) is 70.7 Å². The molecule has 4 nitrogen and oxygen atoms in total. The molecule has 0 aromatic carbocycles. The van der Waals surface area contributed by atoms with Crippen LogP contribution in [0, 0.1) is 0 Å². The van der Waals surface area contributed by atoms with E-state index in [-0.39, 0.29) is 41.9 Å². The fraction of sp³-hybridized carbons (Fsp3) is 0.167. The van der Waals surface area contributed by atoms with Crippen LogP contribution in [-0.2, 0) is 6.61 Å². The van der Waals surface area contributed by atoms with Crippen LogP contribution >= 0.6 is 0 Å². The molecule has 54 valence electrons. The Hall–Kier alpha value is -0.290. The van der Waals surface area contributed by atoms with Gasteiger partial charge in [0, 0.05) is 6.07 Å². The molecule has 0 radical (unpaired) electrons. The van der Waals surface area contributed by atoms with E-state index >= 15 is 0 Å². The van der Waals surface area contributed by atoms with Crippen LogP contribution in [0.15, 0.2) is 21.5 Å². The molecule has 1 heterocycles. The number of aromatic hydroxyl groups is 1. The molecule has 0 unspecified atom stereocenters. The third kappa shape index (κ3) is 2.67. The Balaban J connectivity index is 0.000001000. The van der Waals surface area contributed by atoms with Gasteiger partial charge in [0.05, 0.1) is 0 Å². The summed E-state index contributed by atoms with van der Waals surface area (Å²) >= 11 is 0. The summed E-state index contributed by atoms with van der Waals surface area (Å²) in [6.07, 6.45) is 0.897. The van der Waals surface area contributed by atoms with Gasteiger partial charge >= 0.3 is 29.6 Å². The Labute approximate surface area is 84.8 Å². The van der Waals surface area contributed by atoms with Crippen molar-refractivity contribution < 1.29 is 44.2 Å². The van der Waals surface area contributed by atoms with Crippen molar-refractivity contribution in [1.29, 1.82) is 0 Å². The van der Waals surface area contributed by atoms with E-state index in [1.807, 2.05) is 0 Å². The molecule has 0 spiro atoms. The molecule has 0 aliphatic heterocycles. The molecular formula is C6H6NaO4+. The van der Waals surface area contributed by atoms with E-state index in [2.05, 4.69) is 4.42 Å². The van der Waals surface area contributed by atoms with Gasteiger partial charge in [0.25, 0.3) is 0 Å². The van der Waals surface area contributed by atoms with Gasteiger partial charge in [0.15, 0.2) is 5.75 Å². The van der Waals surface area contributed by atoms with Crippen molar-refractivity contribution in [2.45, 2.75) is 6.61 Å². The summed E-state index contributed by atoms with van der Waals surface area (Å²) in [5.74, 6) is -0.306. The molecule has 0 atom stereocenters. The molecule has 5 heteroatoms.